The highest BCUT2D eigenvalue weighted by atomic mass is 32.2. The van der Waals surface area contributed by atoms with Crippen LogP contribution >= 0.6 is 0 Å². The summed E-state index contributed by atoms with van der Waals surface area (Å²) in [7, 11) is -0.876. The average Bonchev–Trinajstić information content (AvgIpc) is 2.72. The number of methoxy groups -OCH3 is 1. The summed E-state index contributed by atoms with van der Waals surface area (Å²) in [5.74, 6) is -1.14. The Balaban J connectivity index is 3.02. The molecule has 0 amide bonds. The van der Waals surface area contributed by atoms with Gasteiger partial charge in [0.2, 0.25) is 0 Å². The highest BCUT2D eigenvalue weighted by molar-refractivity contribution is 7.86. The molecule has 1 heterocycles. The SMILES string of the molecule is COC1CC(C(=O)O)N(S(=O)(=O)N(C)C(C)C)C1. The van der Waals surface area contributed by atoms with Crippen LogP contribution < -0.4 is 0 Å². The third-order valence-corrected chi connectivity index (χ3v) is 5.37. The normalized spacial score (nSPS) is 26.1. The number of ether oxygens (including phenoxy) is 1. The Morgan fingerprint density at radius 3 is 2.44 bits per heavy atom. The molecule has 1 N–H and O–H groups in total. The number of hydrogen-bond acceptors (Lipinski definition) is 4. The van der Waals surface area contributed by atoms with Crippen LogP contribution in [-0.2, 0) is 19.7 Å². The lowest BCUT2D eigenvalue weighted by atomic mass is 10.2. The van der Waals surface area contributed by atoms with Crippen LogP contribution in [-0.4, -0.2) is 67.0 Å². The molecular formula is C10H20N2O5S. The van der Waals surface area contributed by atoms with E-state index in [4.69, 9.17) is 9.84 Å². The molecule has 106 valence electrons. The summed E-state index contributed by atoms with van der Waals surface area (Å²) in [6.45, 7) is 3.54. The van der Waals surface area contributed by atoms with Crippen molar-refractivity contribution in [1.82, 2.24) is 8.61 Å². The second-order valence-electron chi connectivity index (χ2n) is 4.63. The van der Waals surface area contributed by atoms with Crippen molar-refractivity contribution in [3.05, 3.63) is 0 Å². The van der Waals surface area contributed by atoms with Crippen LogP contribution in [0.2, 0.25) is 0 Å². The zero-order valence-electron chi connectivity index (χ0n) is 11.0. The summed E-state index contributed by atoms with van der Waals surface area (Å²) in [6.07, 6.45) is -0.196. The predicted molar refractivity (Wildman–Crippen MR) is 65.4 cm³/mol. The second kappa shape index (κ2) is 5.52. The minimum absolute atomic E-state index is 0.0763. The van der Waals surface area contributed by atoms with Gasteiger partial charge in [-0.15, -0.1) is 0 Å². The molecule has 0 aromatic carbocycles. The van der Waals surface area contributed by atoms with E-state index in [0.717, 1.165) is 4.31 Å². The Morgan fingerprint density at radius 1 is 1.50 bits per heavy atom. The minimum Gasteiger partial charge on any atom is -0.480 e. The van der Waals surface area contributed by atoms with Crippen LogP contribution in [0, 0.1) is 0 Å². The van der Waals surface area contributed by atoms with Crippen molar-refractivity contribution in [2.45, 2.75) is 38.5 Å². The van der Waals surface area contributed by atoms with Gasteiger partial charge < -0.3 is 9.84 Å². The molecule has 2 unspecified atom stereocenters. The summed E-state index contributed by atoms with van der Waals surface area (Å²) in [5, 5.41) is 9.10. The van der Waals surface area contributed by atoms with Crippen LogP contribution in [0.3, 0.4) is 0 Å². The fourth-order valence-corrected chi connectivity index (χ4v) is 3.57. The van der Waals surface area contributed by atoms with Gasteiger partial charge in [-0.3, -0.25) is 4.79 Å². The van der Waals surface area contributed by atoms with Crippen molar-refractivity contribution in [3.8, 4) is 0 Å². The second-order valence-corrected chi connectivity index (χ2v) is 6.58. The van der Waals surface area contributed by atoms with E-state index < -0.39 is 22.2 Å². The smallest absolute Gasteiger partial charge is 0.322 e. The largest absolute Gasteiger partial charge is 0.480 e. The third-order valence-electron chi connectivity index (χ3n) is 3.22. The number of carboxylic acid groups (broad SMARTS) is 1. The fraction of sp³-hybridized carbons (Fsp3) is 0.900. The molecule has 0 bridgehead atoms. The summed E-state index contributed by atoms with van der Waals surface area (Å²) in [4.78, 5) is 11.1. The molecule has 0 saturated carbocycles. The summed E-state index contributed by atoms with van der Waals surface area (Å²) in [6, 6.07) is -1.29. The van der Waals surface area contributed by atoms with E-state index in [1.54, 1.807) is 13.8 Å². The van der Waals surface area contributed by atoms with Crippen molar-refractivity contribution in [3.63, 3.8) is 0 Å². The maximum atomic E-state index is 12.3. The number of carbonyl (C=O) groups is 1. The first-order valence-corrected chi connectivity index (χ1v) is 7.12. The van der Waals surface area contributed by atoms with E-state index in [9.17, 15) is 13.2 Å². The Bertz CT molecular complexity index is 408. The van der Waals surface area contributed by atoms with Crippen molar-refractivity contribution in [2.24, 2.45) is 0 Å². The summed E-state index contributed by atoms with van der Waals surface area (Å²) in [5.41, 5.74) is 0. The van der Waals surface area contributed by atoms with Gasteiger partial charge in [0, 0.05) is 33.2 Å². The lowest BCUT2D eigenvalue weighted by molar-refractivity contribution is -0.140. The molecule has 0 radical (unpaired) electrons. The van der Waals surface area contributed by atoms with Gasteiger partial charge in [-0.2, -0.15) is 17.0 Å². The van der Waals surface area contributed by atoms with Crippen LogP contribution in [0.25, 0.3) is 0 Å². The zero-order valence-corrected chi connectivity index (χ0v) is 11.8. The third kappa shape index (κ3) is 2.82. The number of nitrogens with zero attached hydrogens (tertiary/aromatic N) is 2. The van der Waals surface area contributed by atoms with E-state index in [1.165, 1.54) is 18.5 Å². The van der Waals surface area contributed by atoms with Crippen molar-refractivity contribution < 1.29 is 23.1 Å². The van der Waals surface area contributed by atoms with Crippen LogP contribution in [0.1, 0.15) is 20.3 Å². The quantitative estimate of drug-likeness (QED) is 0.750. The van der Waals surface area contributed by atoms with E-state index in [-0.39, 0.29) is 25.1 Å². The van der Waals surface area contributed by atoms with Crippen LogP contribution in [0.4, 0.5) is 0 Å². The molecule has 2 atom stereocenters. The maximum Gasteiger partial charge on any atom is 0.322 e. The predicted octanol–water partition coefficient (Wildman–Crippen LogP) is -0.255. The standard InChI is InChI=1S/C10H20N2O5S/c1-7(2)11(3)18(15,16)12-6-8(17-4)5-9(12)10(13)14/h7-9H,5-6H2,1-4H3,(H,13,14). The molecular weight excluding hydrogens is 260 g/mol. The van der Waals surface area contributed by atoms with Gasteiger partial charge in [-0.05, 0) is 13.8 Å². The number of hydrogen-bond donors (Lipinski definition) is 1. The van der Waals surface area contributed by atoms with E-state index in [2.05, 4.69) is 0 Å². The van der Waals surface area contributed by atoms with Crippen molar-refractivity contribution in [2.75, 3.05) is 20.7 Å². The van der Waals surface area contributed by atoms with E-state index in [0.29, 0.717) is 0 Å². The van der Waals surface area contributed by atoms with Crippen molar-refractivity contribution >= 4 is 16.2 Å². The molecule has 1 aliphatic heterocycles. The molecule has 0 aromatic heterocycles. The molecule has 0 aliphatic carbocycles. The lowest BCUT2D eigenvalue weighted by Gasteiger charge is -2.29. The Morgan fingerprint density at radius 2 is 2.06 bits per heavy atom. The highest BCUT2D eigenvalue weighted by Gasteiger charge is 2.45. The van der Waals surface area contributed by atoms with Crippen LogP contribution in [0.15, 0.2) is 0 Å². The number of aliphatic carboxylic acids is 1. The Labute approximate surface area is 108 Å². The van der Waals surface area contributed by atoms with Crippen LogP contribution in [0.5, 0.6) is 0 Å². The number of rotatable bonds is 5. The molecule has 1 aliphatic rings. The monoisotopic (exact) mass is 280 g/mol. The maximum absolute atomic E-state index is 12.3. The molecule has 1 rings (SSSR count). The molecule has 1 saturated heterocycles. The van der Waals surface area contributed by atoms with E-state index >= 15 is 0 Å². The summed E-state index contributed by atoms with van der Waals surface area (Å²) < 4.78 is 31.8. The molecule has 0 aromatic rings. The topological polar surface area (TPSA) is 87.1 Å². The molecule has 1 fully saturated rings. The molecule has 18 heavy (non-hydrogen) atoms. The molecule has 8 heteroatoms. The fourth-order valence-electron chi connectivity index (χ4n) is 1.85. The highest BCUT2D eigenvalue weighted by Crippen LogP contribution is 2.25. The van der Waals surface area contributed by atoms with Gasteiger partial charge in [-0.1, -0.05) is 0 Å². The van der Waals surface area contributed by atoms with Crippen molar-refractivity contribution in [1.29, 1.82) is 0 Å². The summed E-state index contributed by atoms with van der Waals surface area (Å²) >= 11 is 0. The van der Waals surface area contributed by atoms with Gasteiger partial charge in [0.25, 0.3) is 10.2 Å². The lowest BCUT2D eigenvalue weighted by Crippen LogP contribution is -2.49. The van der Waals surface area contributed by atoms with Gasteiger partial charge in [0.05, 0.1) is 6.10 Å². The minimum atomic E-state index is -3.77. The van der Waals surface area contributed by atoms with E-state index in [1.807, 2.05) is 0 Å². The van der Waals surface area contributed by atoms with Gasteiger partial charge >= 0.3 is 5.97 Å². The molecule has 7 nitrogen and oxygen atoms in total. The first kappa shape index (κ1) is 15.4. The Kier molecular flexibility index (Phi) is 4.71. The number of carboxylic acids is 1. The van der Waals surface area contributed by atoms with Gasteiger partial charge in [-0.25, -0.2) is 0 Å². The first-order chi connectivity index (χ1) is 8.21. The Hall–Kier alpha value is -0.700. The van der Waals surface area contributed by atoms with Gasteiger partial charge in [0.15, 0.2) is 0 Å². The average molecular weight is 280 g/mol. The first-order valence-electron chi connectivity index (χ1n) is 5.72. The molecule has 0 spiro atoms. The zero-order chi connectivity index (χ0) is 14.1. The van der Waals surface area contributed by atoms with Gasteiger partial charge in [0.1, 0.15) is 6.04 Å².